The first-order valence-electron chi connectivity index (χ1n) is 8.56. The van der Waals surface area contributed by atoms with Crippen LogP contribution in [-0.4, -0.2) is 13.9 Å². The van der Waals surface area contributed by atoms with Crippen molar-refractivity contribution in [3.8, 4) is 5.69 Å². The van der Waals surface area contributed by atoms with E-state index in [1.165, 1.54) is 4.57 Å². The Balaban J connectivity index is 1.72. The van der Waals surface area contributed by atoms with Gasteiger partial charge >= 0.3 is 11.4 Å². The molecule has 5 heteroatoms. The molecule has 1 saturated carbocycles. The zero-order chi connectivity index (χ0) is 16.1. The molecule has 7 rings (SSSR count). The summed E-state index contributed by atoms with van der Waals surface area (Å²) in [6.45, 7) is 0. The fourth-order valence-electron chi connectivity index (χ4n) is 5.57. The third-order valence-electron chi connectivity index (χ3n) is 6.71. The van der Waals surface area contributed by atoms with Gasteiger partial charge in [-0.15, -0.1) is 0 Å². The molecule has 5 aliphatic rings. The highest BCUT2D eigenvalue weighted by Gasteiger charge is 2.74. The molecule has 1 aromatic heterocycles. The second kappa shape index (κ2) is 3.74. The molecule has 2 spiro atoms. The zero-order valence-corrected chi connectivity index (χ0v) is 13.1. The van der Waals surface area contributed by atoms with Crippen molar-refractivity contribution < 1.29 is 0 Å². The summed E-state index contributed by atoms with van der Waals surface area (Å²) in [6, 6.07) is 9.26. The van der Waals surface area contributed by atoms with Gasteiger partial charge in [0.1, 0.15) is 0 Å². The number of rotatable bonds is 1. The summed E-state index contributed by atoms with van der Waals surface area (Å²) >= 11 is 0. The Morgan fingerprint density at radius 2 is 1.79 bits per heavy atom. The third kappa shape index (κ3) is 1.13. The molecule has 3 aliphatic carbocycles. The highest BCUT2D eigenvalue weighted by molar-refractivity contribution is 5.38. The second-order valence-electron chi connectivity index (χ2n) is 7.51. The van der Waals surface area contributed by atoms with Crippen molar-refractivity contribution in [2.24, 2.45) is 11.3 Å². The minimum atomic E-state index is -0.364. The van der Waals surface area contributed by atoms with Crippen LogP contribution in [0.1, 0.15) is 25.3 Å². The van der Waals surface area contributed by atoms with Gasteiger partial charge in [-0.3, -0.25) is 0 Å². The van der Waals surface area contributed by atoms with Gasteiger partial charge < -0.3 is 0 Å². The van der Waals surface area contributed by atoms with Crippen LogP contribution in [0.2, 0.25) is 0 Å². The van der Waals surface area contributed by atoms with Gasteiger partial charge in [0.15, 0.2) is 0 Å². The molecule has 2 aromatic rings. The molecule has 0 saturated heterocycles. The second-order valence-corrected chi connectivity index (χ2v) is 7.51. The van der Waals surface area contributed by atoms with Crippen LogP contribution in [-0.2, 0) is 5.54 Å². The Morgan fingerprint density at radius 1 is 1.00 bits per heavy atom. The molecule has 3 heterocycles. The van der Waals surface area contributed by atoms with E-state index >= 15 is 0 Å². The van der Waals surface area contributed by atoms with Crippen molar-refractivity contribution in [3.05, 3.63) is 75.6 Å². The quantitative estimate of drug-likeness (QED) is 0.755. The summed E-state index contributed by atoms with van der Waals surface area (Å²) in [5, 5.41) is 0. The van der Waals surface area contributed by atoms with Crippen LogP contribution in [0.25, 0.3) is 5.69 Å². The van der Waals surface area contributed by atoms with E-state index in [1.54, 1.807) is 9.36 Å². The molecule has 0 radical (unpaired) electrons. The van der Waals surface area contributed by atoms with Crippen molar-refractivity contribution in [1.29, 1.82) is 0 Å². The molecule has 4 atom stereocenters. The van der Waals surface area contributed by atoms with E-state index in [0.717, 1.165) is 19.3 Å². The summed E-state index contributed by atoms with van der Waals surface area (Å²) in [6.07, 6.45) is 11.7. The van der Waals surface area contributed by atoms with Crippen LogP contribution < -0.4 is 11.4 Å². The predicted molar refractivity (Wildman–Crippen MR) is 89.4 cm³/mol. The minimum absolute atomic E-state index is 0.0172. The Kier molecular flexibility index (Phi) is 2.00. The summed E-state index contributed by atoms with van der Waals surface area (Å²) < 4.78 is 4.84. The molecule has 2 aliphatic heterocycles. The minimum Gasteiger partial charge on any atom is -0.245 e. The van der Waals surface area contributed by atoms with Gasteiger partial charge in [0.2, 0.25) is 0 Å². The van der Waals surface area contributed by atoms with E-state index in [-0.39, 0.29) is 28.4 Å². The van der Waals surface area contributed by atoms with Crippen LogP contribution >= 0.6 is 0 Å². The predicted octanol–water partition coefficient (Wildman–Crippen LogP) is 1.98. The molecule has 0 N–H and O–H groups in total. The molecular weight excluding hydrogens is 302 g/mol. The van der Waals surface area contributed by atoms with Gasteiger partial charge in [-0.2, -0.15) is 0 Å². The summed E-state index contributed by atoms with van der Waals surface area (Å²) in [4.78, 5) is 26.4. The van der Waals surface area contributed by atoms with E-state index in [9.17, 15) is 9.59 Å². The molecule has 2 bridgehead atoms. The number of hydrogen-bond donors (Lipinski definition) is 0. The highest BCUT2D eigenvalue weighted by atomic mass is 16.2. The van der Waals surface area contributed by atoms with E-state index in [0.29, 0.717) is 11.6 Å². The lowest BCUT2D eigenvalue weighted by atomic mass is 9.66. The van der Waals surface area contributed by atoms with Crippen molar-refractivity contribution in [2.75, 3.05) is 0 Å². The Hall–Kier alpha value is -2.56. The van der Waals surface area contributed by atoms with Crippen LogP contribution in [0.3, 0.4) is 0 Å². The average Bonchev–Trinajstić information content (AvgIpc) is 3.31. The number of allylic oxidation sites excluding steroid dienone is 4. The van der Waals surface area contributed by atoms with Crippen molar-refractivity contribution in [2.45, 2.75) is 30.8 Å². The SMILES string of the molecule is O=c1n(-c2ccccc2)c(=O)n2n1[C@H]1C=C[C@@]23CC=CC[C@]32C[C@@H]12. The van der Waals surface area contributed by atoms with E-state index in [2.05, 4.69) is 24.3 Å². The number of nitrogens with zero attached hydrogens (tertiary/aromatic N) is 3. The maximum Gasteiger partial charge on any atom is 0.352 e. The van der Waals surface area contributed by atoms with Gasteiger partial charge in [0.25, 0.3) is 0 Å². The topological polar surface area (TPSA) is 48.9 Å². The lowest BCUT2D eigenvalue weighted by Crippen LogP contribution is -2.57. The Labute approximate surface area is 138 Å². The summed E-state index contributed by atoms with van der Waals surface area (Å²) in [7, 11) is 0. The number of benzene rings is 1. The molecule has 0 amide bonds. The van der Waals surface area contributed by atoms with Gasteiger partial charge in [-0.05, 0) is 37.3 Å². The monoisotopic (exact) mass is 319 g/mol. The maximum atomic E-state index is 13.3. The number of para-hydroxylation sites is 1. The molecule has 0 unspecified atom stereocenters. The molecule has 120 valence electrons. The van der Waals surface area contributed by atoms with E-state index in [1.807, 2.05) is 30.3 Å². The first-order valence-corrected chi connectivity index (χ1v) is 8.56. The first kappa shape index (κ1) is 12.8. The standard InChI is InChI=1S/C19H17N3O2/c23-16-20(13-6-2-1-3-7-13)17(24)22-19-10-5-4-9-18(19)12-14(18)15(8-11-19)21(16)22/h1-8,11,14-15H,9-10,12H2/t14-,15-,18+,19+/m0/s1. The Bertz CT molecular complexity index is 1050. The van der Waals surface area contributed by atoms with Crippen LogP contribution in [0, 0.1) is 11.3 Å². The van der Waals surface area contributed by atoms with Crippen molar-refractivity contribution in [3.63, 3.8) is 0 Å². The van der Waals surface area contributed by atoms with Crippen molar-refractivity contribution in [1.82, 2.24) is 13.9 Å². The van der Waals surface area contributed by atoms with E-state index in [4.69, 9.17) is 0 Å². The lowest BCUT2D eigenvalue weighted by molar-refractivity contribution is 0.0633. The molecule has 24 heavy (non-hydrogen) atoms. The molecular formula is C19H17N3O2. The van der Waals surface area contributed by atoms with Crippen molar-refractivity contribution >= 4 is 0 Å². The first-order chi connectivity index (χ1) is 11.7. The lowest BCUT2D eigenvalue weighted by Gasteiger charge is -2.50. The average molecular weight is 319 g/mol. The maximum absolute atomic E-state index is 13.3. The summed E-state index contributed by atoms with van der Waals surface area (Å²) in [5.41, 5.74) is -0.0000816. The largest absolute Gasteiger partial charge is 0.352 e. The zero-order valence-electron chi connectivity index (χ0n) is 13.1. The Morgan fingerprint density at radius 3 is 2.62 bits per heavy atom. The van der Waals surface area contributed by atoms with Crippen LogP contribution in [0.15, 0.2) is 64.2 Å². The number of hydrogen-bond acceptors (Lipinski definition) is 2. The number of aromatic nitrogens is 3. The molecule has 1 fully saturated rings. The van der Waals surface area contributed by atoms with E-state index < -0.39 is 0 Å². The van der Waals surface area contributed by atoms with Crippen LogP contribution in [0.5, 0.6) is 0 Å². The van der Waals surface area contributed by atoms with Gasteiger partial charge in [0.05, 0.1) is 17.3 Å². The molecule has 5 nitrogen and oxygen atoms in total. The van der Waals surface area contributed by atoms with Gasteiger partial charge in [0, 0.05) is 5.41 Å². The smallest absolute Gasteiger partial charge is 0.245 e. The van der Waals surface area contributed by atoms with Crippen LogP contribution in [0.4, 0.5) is 0 Å². The fraction of sp³-hybridized carbons (Fsp3) is 0.368. The fourth-order valence-corrected chi connectivity index (χ4v) is 5.57. The van der Waals surface area contributed by atoms with Gasteiger partial charge in [-0.25, -0.2) is 23.5 Å². The summed E-state index contributed by atoms with van der Waals surface area (Å²) in [5.74, 6) is 0.483. The normalized spacial score (nSPS) is 37.0. The third-order valence-corrected chi connectivity index (χ3v) is 6.71. The highest BCUT2D eigenvalue weighted by Crippen LogP contribution is 2.74. The van der Waals surface area contributed by atoms with Gasteiger partial charge in [-0.1, -0.05) is 42.5 Å². The molecule has 1 aromatic carbocycles.